The molecular weight excluding hydrogens is 227 g/mol. The minimum Gasteiger partial charge on any atom is -0.394 e. The molecule has 0 unspecified atom stereocenters. The molecular formula is C8H6F3N3O2. The summed E-state index contributed by atoms with van der Waals surface area (Å²) in [5.74, 6) is -0.879. The number of aliphatic hydroxyl groups is 1. The van der Waals surface area contributed by atoms with E-state index >= 15 is 0 Å². The van der Waals surface area contributed by atoms with E-state index in [0.29, 0.717) is 0 Å². The summed E-state index contributed by atoms with van der Waals surface area (Å²) in [6.07, 6.45) is -4.08. The molecule has 5 nitrogen and oxygen atoms in total. The largest absolute Gasteiger partial charge is 0.574 e. The molecule has 0 saturated heterocycles. The van der Waals surface area contributed by atoms with Crippen molar-refractivity contribution in [1.29, 1.82) is 5.26 Å². The lowest BCUT2D eigenvalue weighted by molar-refractivity contribution is -0.275. The minimum atomic E-state index is -4.93. The van der Waals surface area contributed by atoms with Gasteiger partial charge in [-0.15, -0.1) is 13.2 Å². The van der Waals surface area contributed by atoms with Crippen molar-refractivity contribution in [1.82, 2.24) is 4.98 Å². The van der Waals surface area contributed by atoms with Crippen LogP contribution in [0.1, 0.15) is 11.1 Å². The van der Waals surface area contributed by atoms with Crippen LogP contribution in [-0.2, 0) is 6.61 Å². The highest BCUT2D eigenvalue weighted by molar-refractivity contribution is 5.60. The number of hydrogen-bond acceptors (Lipinski definition) is 5. The monoisotopic (exact) mass is 233 g/mol. The van der Waals surface area contributed by atoms with Gasteiger partial charge in [0.2, 0.25) is 5.88 Å². The zero-order valence-electron chi connectivity index (χ0n) is 7.75. The van der Waals surface area contributed by atoms with E-state index < -0.39 is 24.5 Å². The third kappa shape index (κ3) is 2.52. The first-order valence-corrected chi connectivity index (χ1v) is 3.93. The molecule has 0 radical (unpaired) electrons. The van der Waals surface area contributed by atoms with Crippen molar-refractivity contribution in [3.05, 3.63) is 17.3 Å². The molecule has 1 heterocycles. The molecule has 8 heteroatoms. The lowest BCUT2D eigenvalue weighted by Gasteiger charge is -2.12. The predicted molar refractivity (Wildman–Crippen MR) is 46.0 cm³/mol. The standard InChI is InChI=1S/C8H6F3N3O2/c9-8(10,11)16-7-6(13)5(3-15)4(1-12)2-14-7/h2,15H,3,13H2. The Bertz CT molecular complexity index is 439. The molecule has 0 amide bonds. The zero-order valence-corrected chi connectivity index (χ0v) is 7.75. The summed E-state index contributed by atoms with van der Waals surface area (Å²) in [5, 5.41) is 17.4. The van der Waals surface area contributed by atoms with Crippen molar-refractivity contribution in [2.75, 3.05) is 5.73 Å². The maximum atomic E-state index is 11.9. The van der Waals surface area contributed by atoms with Gasteiger partial charge < -0.3 is 15.6 Å². The van der Waals surface area contributed by atoms with Crippen molar-refractivity contribution >= 4 is 5.69 Å². The third-order valence-electron chi connectivity index (χ3n) is 1.68. The molecule has 0 bridgehead atoms. The number of halogens is 3. The van der Waals surface area contributed by atoms with Crippen LogP contribution in [0, 0.1) is 11.3 Å². The van der Waals surface area contributed by atoms with Gasteiger partial charge in [0, 0.05) is 11.8 Å². The topological polar surface area (TPSA) is 92.2 Å². The highest BCUT2D eigenvalue weighted by Crippen LogP contribution is 2.29. The van der Waals surface area contributed by atoms with Gasteiger partial charge in [-0.05, 0) is 0 Å². The van der Waals surface area contributed by atoms with E-state index in [9.17, 15) is 13.2 Å². The lowest BCUT2D eigenvalue weighted by Crippen LogP contribution is -2.19. The van der Waals surface area contributed by atoms with Crippen molar-refractivity contribution in [2.45, 2.75) is 13.0 Å². The summed E-state index contributed by atoms with van der Waals surface area (Å²) in [4.78, 5) is 3.24. The quantitative estimate of drug-likeness (QED) is 0.792. The molecule has 0 atom stereocenters. The molecule has 1 rings (SSSR count). The Labute approximate surface area is 87.9 Å². The molecule has 1 aromatic heterocycles. The summed E-state index contributed by atoms with van der Waals surface area (Å²) in [5.41, 5.74) is 4.53. The Morgan fingerprint density at radius 3 is 2.62 bits per heavy atom. The number of rotatable bonds is 2. The number of nitriles is 1. The number of hydrogen-bond donors (Lipinski definition) is 2. The SMILES string of the molecule is N#Cc1cnc(OC(F)(F)F)c(N)c1CO. The second-order valence-electron chi connectivity index (χ2n) is 2.69. The second kappa shape index (κ2) is 4.24. The number of ether oxygens (including phenoxy) is 1. The second-order valence-corrected chi connectivity index (χ2v) is 2.69. The van der Waals surface area contributed by atoms with Crippen LogP contribution in [0.2, 0.25) is 0 Å². The van der Waals surface area contributed by atoms with E-state index in [-0.39, 0.29) is 11.1 Å². The van der Waals surface area contributed by atoms with Crippen LogP contribution in [-0.4, -0.2) is 16.5 Å². The van der Waals surface area contributed by atoms with E-state index in [2.05, 4.69) is 9.72 Å². The highest BCUT2D eigenvalue weighted by Gasteiger charge is 2.33. The van der Waals surface area contributed by atoms with Gasteiger partial charge in [-0.3, -0.25) is 0 Å². The number of alkyl halides is 3. The number of nitrogens with zero attached hydrogens (tertiary/aromatic N) is 2. The molecule has 0 aliphatic heterocycles. The molecule has 16 heavy (non-hydrogen) atoms. The number of nitrogen functional groups attached to an aromatic ring is 1. The first-order chi connectivity index (χ1) is 7.39. The van der Waals surface area contributed by atoms with Crippen LogP contribution in [0.15, 0.2) is 6.20 Å². The lowest BCUT2D eigenvalue weighted by atomic mass is 10.1. The van der Waals surface area contributed by atoms with Crippen molar-refractivity contribution in [3.63, 3.8) is 0 Å². The molecule has 0 spiro atoms. The Morgan fingerprint density at radius 1 is 1.56 bits per heavy atom. The zero-order chi connectivity index (χ0) is 12.3. The number of aromatic nitrogens is 1. The first-order valence-electron chi connectivity index (χ1n) is 3.93. The van der Waals surface area contributed by atoms with Gasteiger partial charge in [0.05, 0.1) is 12.2 Å². The van der Waals surface area contributed by atoms with Crippen LogP contribution in [0.5, 0.6) is 5.88 Å². The maximum Gasteiger partial charge on any atom is 0.574 e. The Balaban J connectivity index is 3.20. The number of nitrogens with two attached hydrogens (primary N) is 1. The fraction of sp³-hybridized carbons (Fsp3) is 0.250. The van der Waals surface area contributed by atoms with Gasteiger partial charge in [0.25, 0.3) is 0 Å². The first kappa shape index (κ1) is 12.1. The Hall–Kier alpha value is -2.01. The average molecular weight is 233 g/mol. The van der Waals surface area contributed by atoms with Gasteiger partial charge in [0.1, 0.15) is 11.8 Å². The van der Waals surface area contributed by atoms with Gasteiger partial charge >= 0.3 is 6.36 Å². The Kier molecular flexibility index (Phi) is 3.20. The van der Waals surface area contributed by atoms with Crippen LogP contribution in [0.25, 0.3) is 0 Å². The van der Waals surface area contributed by atoms with Gasteiger partial charge in [-0.2, -0.15) is 5.26 Å². The fourth-order valence-electron chi connectivity index (χ4n) is 1.00. The number of anilines is 1. The summed E-state index contributed by atoms with van der Waals surface area (Å²) in [6, 6.07) is 1.64. The summed E-state index contributed by atoms with van der Waals surface area (Å²) >= 11 is 0. The normalized spacial score (nSPS) is 10.9. The van der Waals surface area contributed by atoms with E-state index in [1.54, 1.807) is 6.07 Å². The van der Waals surface area contributed by atoms with Crippen molar-refractivity contribution < 1.29 is 23.0 Å². The average Bonchev–Trinajstić information content (AvgIpc) is 2.19. The molecule has 1 aromatic rings. The van der Waals surface area contributed by atoms with Gasteiger partial charge in [0.15, 0.2) is 0 Å². The van der Waals surface area contributed by atoms with Crippen LogP contribution < -0.4 is 10.5 Å². The smallest absolute Gasteiger partial charge is 0.394 e. The van der Waals surface area contributed by atoms with E-state index in [1.165, 1.54) is 0 Å². The summed E-state index contributed by atoms with van der Waals surface area (Å²) in [6.45, 7) is -0.675. The number of aliphatic hydroxyl groups excluding tert-OH is 1. The molecule has 0 saturated carbocycles. The van der Waals surface area contributed by atoms with Gasteiger partial charge in [-0.1, -0.05) is 0 Å². The maximum absolute atomic E-state index is 11.9. The van der Waals surface area contributed by atoms with Crippen LogP contribution in [0.3, 0.4) is 0 Å². The van der Waals surface area contributed by atoms with Crippen LogP contribution in [0.4, 0.5) is 18.9 Å². The highest BCUT2D eigenvalue weighted by atomic mass is 19.4. The molecule has 86 valence electrons. The molecule has 0 aromatic carbocycles. The third-order valence-corrected chi connectivity index (χ3v) is 1.68. The molecule has 3 N–H and O–H groups in total. The molecule has 0 aliphatic rings. The Morgan fingerprint density at radius 2 is 2.19 bits per heavy atom. The van der Waals surface area contributed by atoms with Crippen LogP contribution >= 0.6 is 0 Å². The predicted octanol–water partition coefficient (Wildman–Crippen LogP) is 0.926. The summed E-state index contributed by atoms with van der Waals surface area (Å²) in [7, 11) is 0. The fourth-order valence-corrected chi connectivity index (χ4v) is 1.00. The van der Waals surface area contributed by atoms with Crippen molar-refractivity contribution in [3.8, 4) is 11.9 Å². The van der Waals surface area contributed by atoms with E-state index in [1.807, 2.05) is 0 Å². The van der Waals surface area contributed by atoms with E-state index in [4.69, 9.17) is 16.1 Å². The molecule has 0 aliphatic carbocycles. The van der Waals surface area contributed by atoms with Crippen molar-refractivity contribution in [2.24, 2.45) is 0 Å². The molecule has 0 fully saturated rings. The number of pyridine rings is 1. The summed E-state index contributed by atoms with van der Waals surface area (Å²) < 4.78 is 39.2. The van der Waals surface area contributed by atoms with Gasteiger partial charge in [-0.25, -0.2) is 4.98 Å². The van der Waals surface area contributed by atoms with E-state index in [0.717, 1.165) is 6.20 Å². The minimum absolute atomic E-state index is 0.102.